The molecule has 0 saturated heterocycles. The quantitative estimate of drug-likeness (QED) is 0.0469. The van der Waals surface area contributed by atoms with Crippen LogP contribution in [0, 0.1) is 11.8 Å². The van der Waals surface area contributed by atoms with Gasteiger partial charge in [0.15, 0.2) is 0 Å². The Kier molecular flexibility index (Phi) is 60.0. The zero-order chi connectivity index (χ0) is 54.6. The Hall–Kier alpha value is -1.75. The molecular formula is C65H127NO9. The maximum Gasteiger partial charge on any atom is 0.328 e. The third-order valence-electron chi connectivity index (χ3n) is 15.0. The zero-order valence-electron chi connectivity index (χ0n) is 50.6. The Morgan fingerprint density at radius 1 is 0.307 bits per heavy atom. The molecule has 10 heteroatoms. The Bertz CT molecular complexity index is 1170. The third-order valence-corrected chi connectivity index (χ3v) is 15.0. The molecule has 75 heavy (non-hydrogen) atoms. The second-order valence-corrected chi connectivity index (χ2v) is 22.4. The van der Waals surface area contributed by atoms with Crippen LogP contribution in [0.4, 0.5) is 0 Å². The molecule has 0 aliphatic rings. The molecule has 0 bridgehead atoms. The van der Waals surface area contributed by atoms with E-state index in [0.29, 0.717) is 44.7 Å². The van der Waals surface area contributed by atoms with Crippen molar-refractivity contribution >= 4 is 17.8 Å². The van der Waals surface area contributed by atoms with Crippen LogP contribution in [0.2, 0.25) is 0 Å². The summed E-state index contributed by atoms with van der Waals surface area (Å²) in [5.41, 5.74) is 0. The van der Waals surface area contributed by atoms with Gasteiger partial charge in [0.05, 0.1) is 39.6 Å². The van der Waals surface area contributed by atoms with E-state index in [-0.39, 0.29) is 45.2 Å². The van der Waals surface area contributed by atoms with Crippen molar-refractivity contribution in [1.29, 1.82) is 0 Å². The van der Waals surface area contributed by atoms with Gasteiger partial charge in [-0.2, -0.15) is 0 Å². The molecular weight excluding hydrogens is 939 g/mol. The molecule has 0 heterocycles. The minimum atomic E-state index is -0.939. The molecule has 2 unspecified atom stereocenters. The van der Waals surface area contributed by atoms with Crippen LogP contribution in [0.5, 0.6) is 0 Å². The summed E-state index contributed by atoms with van der Waals surface area (Å²) >= 11 is 0. The Balaban J connectivity index is 4.82. The fraction of sp³-hybridized carbons (Fsp3) is 0.954. The van der Waals surface area contributed by atoms with E-state index in [1.807, 2.05) is 0 Å². The summed E-state index contributed by atoms with van der Waals surface area (Å²) in [7, 11) is 0. The first kappa shape index (κ1) is 73.2. The highest BCUT2D eigenvalue weighted by Gasteiger charge is 2.24. The van der Waals surface area contributed by atoms with Crippen LogP contribution in [-0.2, 0) is 42.8 Å². The lowest BCUT2D eigenvalue weighted by atomic mass is 9.94. The second-order valence-electron chi connectivity index (χ2n) is 22.4. The predicted octanol–water partition coefficient (Wildman–Crippen LogP) is 18.1. The van der Waals surface area contributed by atoms with E-state index < -0.39 is 18.0 Å². The topological polar surface area (TPSA) is 119 Å². The van der Waals surface area contributed by atoms with Crippen LogP contribution < -0.4 is 5.32 Å². The molecule has 0 spiro atoms. The molecule has 0 saturated carbocycles. The van der Waals surface area contributed by atoms with Crippen molar-refractivity contribution in [2.45, 2.75) is 323 Å². The lowest BCUT2D eigenvalue weighted by Crippen LogP contribution is -2.42. The smallest absolute Gasteiger partial charge is 0.328 e. The van der Waals surface area contributed by atoms with E-state index in [0.717, 1.165) is 32.5 Å². The Morgan fingerprint density at radius 3 is 0.960 bits per heavy atom. The van der Waals surface area contributed by atoms with Gasteiger partial charge in [-0.1, -0.05) is 266 Å². The largest absolute Gasteiger partial charge is 0.463 e. The third kappa shape index (κ3) is 55.4. The molecule has 0 rings (SSSR count). The highest BCUT2D eigenvalue weighted by atomic mass is 16.6. The van der Waals surface area contributed by atoms with Crippen molar-refractivity contribution in [3.8, 4) is 0 Å². The average molecular weight is 1070 g/mol. The van der Waals surface area contributed by atoms with Crippen molar-refractivity contribution < 1.29 is 42.8 Å². The van der Waals surface area contributed by atoms with E-state index in [4.69, 9.17) is 28.4 Å². The van der Waals surface area contributed by atoms with Crippen molar-refractivity contribution in [3.63, 3.8) is 0 Å². The van der Waals surface area contributed by atoms with Gasteiger partial charge in [-0.05, 0) is 50.4 Å². The van der Waals surface area contributed by atoms with Crippen LogP contribution >= 0.6 is 0 Å². The SMILES string of the molecule is CCCCCCCCCCCC(=O)N[C@@H](CCC(=O)OCCOCCOCC(CCCCCCCC)CCCCCCCCCC)C(=O)OCCOCCOCC(CCCCCCCC)CCCCCCCCCC. The number of hydrogen-bond donors (Lipinski definition) is 1. The van der Waals surface area contributed by atoms with Crippen LogP contribution in [0.25, 0.3) is 0 Å². The second kappa shape index (κ2) is 61.5. The number of rotatable bonds is 63. The molecule has 0 fully saturated rings. The van der Waals surface area contributed by atoms with Gasteiger partial charge in [0, 0.05) is 26.1 Å². The van der Waals surface area contributed by atoms with Gasteiger partial charge in [-0.15, -0.1) is 0 Å². The van der Waals surface area contributed by atoms with E-state index in [2.05, 4.69) is 39.9 Å². The Labute approximate surface area is 465 Å². The summed E-state index contributed by atoms with van der Waals surface area (Å²) in [6.07, 6.45) is 53.1. The van der Waals surface area contributed by atoms with Gasteiger partial charge in [0.1, 0.15) is 19.3 Å². The minimum absolute atomic E-state index is 0.0211. The van der Waals surface area contributed by atoms with Gasteiger partial charge < -0.3 is 33.7 Å². The number of esters is 2. The Morgan fingerprint density at radius 2 is 0.600 bits per heavy atom. The number of hydrogen-bond acceptors (Lipinski definition) is 9. The predicted molar refractivity (Wildman–Crippen MR) is 316 cm³/mol. The standard InChI is InChI=1S/C65H127NO9/c1-6-11-16-21-26-29-32-37-42-47-63(67)66-62(65(69)75-57-55-71-51-53-73-59-61(44-39-34-25-20-15-10-5)46-41-36-31-28-23-18-13-8-3)48-49-64(68)74-56-54-70-50-52-72-58-60(43-38-33-24-19-14-9-4)45-40-35-30-27-22-17-12-7-2/h60-62H,6-59H2,1-5H3,(H,66,67)/t60?,61?,62-/m0/s1. The summed E-state index contributed by atoms with van der Waals surface area (Å²) < 4.78 is 34.8. The maximum absolute atomic E-state index is 13.3. The number of nitrogens with one attached hydrogen (secondary N) is 1. The van der Waals surface area contributed by atoms with Crippen molar-refractivity contribution in [2.24, 2.45) is 11.8 Å². The molecule has 1 N–H and O–H groups in total. The first-order chi connectivity index (χ1) is 36.9. The van der Waals surface area contributed by atoms with Crippen LogP contribution in [0.1, 0.15) is 317 Å². The zero-order valence-corrected chi connectivity index (χ0v) is 50.6. The number of carbonyl (C=O) groups is 3. The molecule has 0 aliphatic carbocycles. The summed E-state index contributed by atoms with van der Waals surface area (Å²) in [6, 6.07) is -0.939. The number of carbonyl (C=O) groups excluding carboxylic acids is 3. The molecule has 0 radical (unpaired) electrons. The lowest BCUT2D eigenvalue weighted by Gasteiger charge is -2.18. The summed E-state index contributed by atoms with van der Waals surface area (Å²) in [5.74, 6) is 0.00749. The van der Waals surface area contributed by atoms with Gasteiger partial charge in [0.25, 0.3) is 0 Å². The number of unbranched alkanes of at least 4 members (excludes halogenated alkanes) is 32. The van der Waals surface area contributed by atoms with E-state index in [1.165, 1.54) is 244 Å². The van der Waals surface area contributed by atoms with E-state index >= 15 is 0 Å². The normalized spacial score (nSPS) is 12.8. The monoisotopic (exact) mass is 1070 g/mol. The van der Waals surface area contributed by atoms with Crippen LogP contribution in [-0.4, -0.2) is 90.0 Å². The van der Waals surface area contributed by atoms with Gasteiger partial charge in [-0.25, -0.2) is 4.79 Å². The van der Waals surface area contributed by atoms with Crippen LogP contribution in [0.3, 0.4) is 0 Å². The molecule has 0 aliphatic heterocycles. The van der Waals surface area contributed by atoms with Crippen molar-refractivity contribution in [3.05, 3.63) is 0 Å². The molecule has 0 aromatic rings. The van der Waals surface area contributed by atoms with Gasteiger partial charge >= 0.3 is 11.9 Å². The van der Waals surface area contributed by atoms with Gasteiger partial charge in [0.2, 0.25) is 5.91 Å². The number of ether oxygens (including phenoxy) is 6. The molecule has 0 aromatic carbocycles. The molecule has 1 amide bonds. The van der Waals surface area contributed by atoms with E-state index in [9.17, 15) is 14.4 Å². The highest BCUT2D eigenvalue weighted by molar-refractivity contribution is 5.85. The van der Waals surface area contributed by atoms with E-state index in [1.54, 1.807) is 0 Å². The molecule has 446 valence electrons. The van der Waals surface area contributed by atoms with Gasteiger partial charge in [-0.3, -0.25) is 9.59 Å². The minimum Gasteiger partial charge on any atom is -0.463 e. The van der Waals surface area contributed by atoms with Crippen molar-refractivity contribution in [1.82, 2.24) is 5.32 Å². The summed E-state index contributed by atoms with van der Waals surface area (Å²) in [6.45, 7) is 15.5. The fourth-order valence-corrected chi connectivity index (χ4v) is 10.1. The first-order valence-electron chi connectivity index (χ1n) is 32.8. The summed E-state index contributed by atoms with van der Waals surface area (Å²) in [5, 5.41) is 2.86. The molecule has 3 atom stereocenters. The summed E-state index contributed by atoms with van der Waals surface area (Å²) in [4.78, 5) is 39.2. The first-order valence-corrected chi connectivity index (χ1v) is 32.8. The molecule has 10 nitrogen and oxygen atoms in total. The maximum atomic E-state index is 13.3. The van der Waals surface area contributed by atoms with Crippen LogP contribution in [0.15, 0.2) is 0 Å². The fourth-order valence-electron chi connectivity index (χ4n) is 10.1. The average Bonchev–Trinajstić information content (AvgIpc) is 3.41. The number of amides is 1. The molecule has 0 aromatic heterocycles. The highest BCUT2D eigenvalue weighted by Crippen LogP contribution is 2.22. The lowest BCUT2D eigenvalue weighted by molar-refractivity contribution is -0.151. The van der Waals surface area contributed by atoms with Crippen molar-refractivity contribution in [2.75, 3.05) is 66.1 Å².